The second kappa shape index (κ2) is 8.49. The number of halogens is 2. The first-order valence-corrected chi connectivity index (χ1v) is 10.5. The highest BCUT2D eigenvalue weighted by Gasteiger charge is 2.31. The number of hydrogen-bond acceptors (Lipinski definition) is 3. The number of carbonyl (C=O) groups excluding carboxylic acids is 2. The average Bonchev–Trinajstić information content (AvgIpc) is 2.85. The van der Waals surface area contributed by atoms with Gasteiger partial charge in [0.1, 0.15) is 0 Å². The Kier molecular flexibility index (Phi) is 6.08. The Morgan fingerprint density at radius 1 is 1.04 bits per heavy atom. The van der Waals surface area contributed by atoms with Gasteiger partial charge < -0.3 is 5.32 Å². The number of benzene rings is 2. The van der Waals surface area contributed by atoms with Gasteiger partial charge in [0.15, 0.2) is 0 Å². The van der Waals surface area contributed by atoms with E-state index in [1.807, 2.05) is 4.93 Å². The second-order valence-corrected chi connectivity index (χ2v) is 5.89. The highest BCUT2D eigenvalue weighted by Crippen LogP contribution is 2.42. The van der Waals surface area contributed by atoms with Crippen LogP contribution in [0.4, 0.5) is 17.1 Å². The molecule has 2 aromatic carbocycles. The minimum Gasteiger partial charge on any atom is -0.320 e. The van der Waals surface area contributed by atoms with Crippen molar-refractivity contribution in [3.8, 4) is 0 Å². The lowest BCUT2D eigenvalue weighted by molar-refractivity contribution is 0.0999. The first-order valence-electron chi connectivity index (χ1n) is 7.98. The van der Waals surface area contributed by atoms with Crippen LogP contribution in [0.25, 0.3) is 0 Å². The lowest BCUT2D eigenvalue weighted by Gasteiger charge is -2.25. The van der Waals surface area contributed by atoms with Crippen LogP contribution in [-0.4, -0.2) is 21.7 Å². The van der Waals surface area contributed by atoms with Gasteiger partial charge in [-0.1, -0.05) is 52.4 Å². The summed E-state index contributed by atoms with van der Waals surface area (Å²) in [6.07, 6.45) is 3.10. The van der Waals surface area contributed by atoms with Gasteiger partial charge in [-0.25, -0.2) is 0 Å². The molecule has 1 aliphatic rings. The van der Waals surface area contributed by atoms with Gasteiger partial charge in [0.25, 0.3) is 11.8 Å². The number of para-hydroxylation sites is 2. The Bertz CT molecular complexity index is 996. The lowest BCUT2D eigenvalue weighted by Crippen LogP contribution is -2.27. The summed E-state index contributed by atoms with van der Waals surface area (Å²) < 4.78 is 0. The van der Waals surface area contributed by atoms with Crippen molar-refractivity contribution in [3.63, 3.8) is 0 Å². The molecule has 1 aromatic heterocycles. The summed E-state index contributed by atoms with van der Waals surface area (Å²) in [5.74, 6) is -0.579. The van der Waals surface area contributed by atoms with Gasteiger partial charge in [-0.2, -0.15) is 0 Å². The van der Waals surface area contributed by atoms with E-state index in [9.17, 15) is 9.59 Å². The molecule has 2 heterocycles. The quantitative estimate of drug-likeness (QED) is 0.370. The molecule has 3 aromatic rings. The summed E-state index contributed by atoms with van der Waals surface area (Å²) in [5.41, 5.74) is 2.26. The van der Waals surface area contributed by atoms with Crippen LogP contribution in [0, 0.1) is 0 Å². The number of carbonyl (C=O) groups is 2. The molecule has 5 nitrogen and oxygen atoms in total. The molecule has 0 saturated carbocycles. The van der Waals surface area contributed by atoms with E-state index in [2.05, 4.69) is 32.9 Å². The van der Waals surface area contributed by atoms with Crippen LogP contribution in [0.5, 0.6) is 0 Å². The maximum atomic E-state index is 13.2. The molecular weight excluding hydrogens is 477 g/mol. The predicted octanol–water partition coefficient (Wildman–Crippen LogP) is 5.33. The Hall–Kier alpha value is -2.45. The van der Waals surface area contributed by atoms with Gasteiger partial charge in [-0.15, -0.1) is 0 Å². The fourth-order valence-electron chi connectivity index (χ4n) is 2.85. The molecule has 0 fully saturated rings. The lowest BCUT2D eigenvalue weighted by atomic mass is 10.1. The SMILES string of the molecule is CI.O=C1Nc2cccc(Cl)c2N(C(=O)c2ccncc2)c2ccccc21. The van der Waals surface area contributed by atoms with Crippen molar-refractivity contribution in [2.45, 2.75) is 0 Å². The maximum absolute atomic E-state index is 13.2. The zero-order chi connectivity index (χ0) is 19.4. The number of nitrogens with zero attached hydrogens (tertiary/aromatic N) is 2. The highest BCUT2D eigenvalue weighted by atomic mass is 127. The van der Waals surface area contributed by atoms with Gasteiger partial charge >= 0.3 is 0 Å². The molecule has 0 spiro atoms. The molecule has 0 saturated heterocycles. The van der Waals surface area contributed by atoms with Crippen molar-refractivity contribution in [1.29, 1.82) is 0 Å². The number of anilines is 3. The summed E-state index contributed by atoms with van der Waals surface area (Å²) in [5, 5.41) is 3.20. The minimum absolute atomic E-state index is 0.288. The number of hydrogen-bond donors (Lipinski definition) is 1. The molecule has 1 N–H and O–H groups in total. The molecule has 136 valence electrons. The van der Waals surface area contributed by atoms with E-state index in [-0.39, 0.29) is 11.8 Å². The number of nitrogens with one attached hydrogen (secondary N) is 1. The third-order valence-corrected chi connectivity index (χ3v) is 4.28. The number of aromatic nitrogens is 1. The summed E-state index contributed by atoms with van der Waals surface area (Å²) in [4.78, 5) is 33.2. The van der Waals surface area contributed by atoms with Crippen molar-refractivity contribution in [1.82, 2.24) is 4.98 Å². The predicted molar refractivity (Wildman–Crippen MR) is 116 cm³/mol. The summed E-state index contributed by atoms with van der Waals surface area (Å²) in [7, 11) is 0. The van der Waals surface area contributed by atoms with Gasteiger partial charge in [-0.3, -0.25) is 19.5 Å². The van der Waals surface area contributed by atoms with Crippen molar-refractivity contribution in [2.24, 2.45) is 0 Å². The van der Waals surface area contributed by atoms with Gasteiger partial charge in [0, 0.05) is 18.0 Å². The highest BCUT2D eigenvalue weighted by molar-refractivity contribution is 14.1. The van der Waals surface area contributed by atoms with Gasteiger partial charge in [-0.05, 0) is 41.3 Å². The number of pyridine rings is 1. The molecule has 1 aliphatic heterocycles. The fraction of sp³-hybridized carbons (Fsp3) is 0.0500. The number of alkyl halides is 1. The monoisotopic (exact) mass is 491 g/mol. The molecule has 0 atom stereocenters. The Morgan fingerprint density at radius 2 is 1.74 bits per heavy atom. The summed E-state index contributed by atoms with van der Waals surface area (Å²) in [6.45, 7) is 0. The van der Waals surface area contributed by atoms with E-state index in [0.717, 1.165) is 0 Å². The van der Waals surface area contributed by atoms with Crippen LogP contribution in [0.2, 0.25) is 5.02 Å². The maximum Gasteiger partial charge on any atom is 0.263 e. The largest absolute Gasteiger partial charge is 0.320 e. The first-order chi connectivity index (χ1) is 13.2. The van der Waals surface area contributed by atoms with E-state index in [0.29, 0.717) is 33.2 Å². The third kappa shape index (κ3) is 3.68. The summed E-state index contributed by atoms with van der Waals surface area (Å²) >= 11 is 8.55. The molecule has 0 aliphatic carbocycles. The number of fused-ring (bicyclic) bond motifs is 2. The van der Waals surface area contributed by atoms with E-state index < -0.39 is 0 Å². The van der Waals surface area contributed by atoms with Crippen LogP contribution in [0.1, 0.15) is 20.7 Å². The molecule has 0 radical (unpaired) electrons. The smallest absolute Gasteiger partial charge is 0.263 e. The molecular formula is C20H15ClIN3O2. The minimum atomic E-state index is -0.291. The van der Waals surface area contributed by atoms with Crippen molar-refractivity contribution in [2.75, 3.05) is 15.1 Å². The van der Waals surface area contributed by atoms with Gasteiger partial charge in [0.2, 0.25) is 0 Å². The molecule has 7 heteroatoms. The molecule has 0 bridgehead atoms. The van der Waals surface area contributed by atoms with Crippen LogP contribution >= 0.6 is 34.2 Å². The number of amides is 2. The molecule has 4 rings (SSSR count). The van der Waals surface area contributed by atoms with Crippen LogP contribution in [-0.2, 0) is 0 Å². The van der Waals surface area contributed by atoms with Crippen LogP contribution in [0.15, 0.2) is 67.0 Å². The fourth-order valence-corrected chi connectivity index (χ4v) is 3.11. The zero-order valence-corrected chi connectivity index (χ0v) is 17.2. The van der Waals surface area contributed by atoms with Crippen molar-refractivity contribution in [3.05, 3.63) is 83.1 Å². The van der Waals surface area contributed by atoms with Crippen LogP contribution in [0.3, 0.4) is 0 Å². The van der Waals surface area contributed by atoms with Crippen molar-refractivity contribution >= 4 is 63.1 Å². The first kappa shape index (κ1) is 19.3. The Labute approximate surface area is 175 Å². The van der Waals surface area contributed by atoms with E-state index in [4.69, 9.17) is 11.6 Å². The van der Waals surface area contributed by atoms with E-state index in [1.165, 1.54) is 4.90 Å². The molecule has 2 amide bonds. The Balaban J connectivity index is 0.00000102. The van der Waals surface area contributed by atoms with E-state index in [1.54, 1.807) is 67.0 Å². The van der Waals surface area contributed by atoms with Crippen LogP contribution < -0.4 is 10.2 Å². The van der Waals surface area contributed by atoms with Gasteiger partial charge in [0.05, 0.1) is 27.6 Å². The number of rotatable bonds is 1. The normalized spacial score (nSPS) is 12.0. The third-order valence-electron chi connectivity index (χ3n) is 3.98. The summed E-state index contributed by atoms with van der Waals surface area (Å²) in [6, 6.07) is 15.3. The molecule has 27 heavy (non-hydrogen) atoms. The standard InChI is InChI=1S/C19H12ClN3O2.CH3I/c20-14-5-3-6-15-17(14)23(19(25)12-8-10-21-11-9-12)16-7-2-1-4-13(16)18(24)22-15;1-2/h1-11H,(H,22,24);1H3. The average molecular weight is 492 g/mol. The van der Waals surface area contributed by atoms with Crippen molar-refractivity contribution < 1.29 is 9.59 Å². The Morgan fingerprint density at radius 3 is 2.48 bits per heavy atom. The van der Waals surface area contributed by atoms with E-state index >= 15 is 0 Å². The second-order valence-electron chi connectivity index (χ2n) is 5.48. The zero-order valence-electron chi connectivity index (χ0n) is 14.3. The topological polar surface area (TPSA) is 62.3 Å². The molecule has 0 unspecified atom stereocenters.